The van der Waals surface area contributed by atoms with Crippen LogP contribution in [-0.4, -0.2) is 23.0 Å². The molecule has 0 radical (unpaired) electrons. The number of nitrogens with one attached hydrogen (secondary N) is 1. The predicted octanol–water partition coefficient (Wildman–Crippen LogP) is 3.04. The van der Waals surface area contributed by atoms with Gasteiger partial charge in [0, 0.05) is 17.0 Å². The average molecular weight is 265 g/mol. The van der Waals surface area contributed by atoms with Crippen LogP contribution in [0, 0.1) is 0 Å². The highest BCUT2D eigenvalue weighted by Crippen LogP contribution is 2.31. The molecule has 0 unspecified atom stereocenters. The second kappa shape index (κ2) is 6.14. The Kier molecular flexibility index (Phi) is 4.53. The van der Waals surface area contributed by atoms with E-state index in [4.69, 9.17) is 0 Å². The van der Waals surface area contributed by atoms with E-state index >= 15 is 0 Å². The normalized spacial score (nSPS) is 10.7. The molecule has 0 amide bonds. The maximum Gasteiger partial charge on any atom is 0.148 e. The van der Waals surface area contributed by atoms with Crippen molar-refractivity contribution in [2.24, 2.45) is 0 Å². The predicted molar refractivity (Wildman–Crippen MR) is 74.5 cm³/mol. The van der Waals surface area contributed by atoms with Crippen LogP contribution in [0.2, 0.25) is 0 Å². The van der Waals surface area contributed by atoms with Gasteiger partial charge < -0.3 is 5.32 Å². The lowest BCUT2D eigenvalue weighted by Gasteiger charge is -2.01. The molecule has 2 aromatic rings. The quantitative estimate of drug-likeness (QED) is 0.843. The van der Waals surface area contributed by atoms with Crippen molar-refractivity contribution in [2.45, 2.75) is 18.4 Å². The fraction of sp³-hybridized carbons (Fsp3) is 0.333. The van der Waals surface area contributed by atoms with E-state index in [0.29, 0.717) is 0 Å². The molecule has 0 atom stereocenters. The third-order valence-electron chi connectivity index (χ3n) is 2.33. The Hall–Kier alpha value is -0.910. The van der Waals surface area contributed by atoms with Gasteiger partial charge in [-0.1, -0.05) is 36.5 Å². The Morgan fingerprint density at radius 3 is 2.88 bits per heavy atom. The molecule has 5 heteroatoms. The molecule has 3 nitrogen and oxygen atoms in total. The molecule has 1 aromatic heterocycles. The van der Waals surface area contributed by atoms with Crippen molar-refractivity contribution in [1.29, 1.82) is 0 Å². The molecule has 0 saturated carbocycles. The molecule has 0 aliphatic carbocycles. The van der Waals surface area contributed by atoms with Gasteiger partial charge in [-0.05, 0) is 18.9 Å². The van der Waals surface area contributed by atoms with Crippen LogP contribution in [0.15, 0.2) is 29.2 Å². The summed E-state index contributed by atoms with van der Waals surface area (Å²) in [6.45, 7) is 3.84. The number of hydrogen-bond acceptors (Lipinski definition) is 5. The van der Waals surface area contributed by atoms with E-state index in [2.05, 4.69) is 46.9 Å². The Morgan fingerprint density at radius 2 is 2.12 bits per heavy atom. The zero-order chi connectivity index (χ0) is 12.1. The van der Waals surface area contributed by atoms with E-state index in [-0.39, 0.29) is 0 Å². The lowest BCUT2D eigenvalue weighted by molar-refractivity contribution is 0.715. The third-order valence-corrected chi connectivity index (χ3v) is 4.08. The minimum absolute atomic E-state index is 0.801. The monoisotopic (exact) mass is 265 g/mol. The molecule has 0 spiro atoms. The molecule has 1 N–H and O–H groups in total. The highest BCUT2D eigenvalue weighted by Gasteiger charge is 2.09. The van der Waals surface area contributed by atoms with Gasteiger partial charge in [-0.15, -0.1) is 22.0 Å². The first-order valence-electron chi connectivity index (χ1n) is 5.51. The topological polar surface area (TPSA) is 37.8 Å². The summed E-state index contributed by atoms with van der Waals surface area (Å²) >= 11 is 3.40. The molecule has 0 aliphatic heterocycles. The zero-order valence-electron chi connectivity index (χ0n) is 9.93. The van der Waals surface area contributed by atoms with Crippen LogP contribution >= 0.6 is 23.1 Å². The summed E-state index contributed by atoms with van der Waals surface area (Å²) in [6.07, 6.45) is 2.08. The van der Waals surface area contributed by atoms with Crippen molar-refractivity contribution in [1.82, 2.24) is 15.5 Å². The minimum atomic E-state index is 0.801. The van der Waals surface area contributed by atoms with Gasteiger partial charge in [0.1, 0.15) is 10.0 Å². The first-order valence-corrected chi connectivity index (χ1v) is 7.55. The number of benzene rings is 1. The van der Waals surface area contributed by atoms with Crippen LogP contribution in [0.1, 0.15) is 11.9 Å². The summed E-state index contributed by atoms with van der Waals surface area (Å²) in [7, 11) is 0. The Balaban J connectivity index is 2.24. The van der Waals surface area contributed by atoms with Gasteiger partial charge in [-0.25, -0.2) is 0 Å². The van der Waals surface area contributed by atoms with Gasteiger partial charge in [0.05, 0.1) is 0 Å². The van der Waals surface area contributed by atoms with Crippen LogP contribution in [0.4, 0.5) is 0 Å². The van der Waals surface area contributed by atoms with Crippen LogP contribution in [-0.2, 0) is 6.54 Å². The maximum atomic E-state index is 4.26. The maximum absolute atomic E-state index is 4.26. The first kappa shape index (κ1) is 12.5. The summed E-state index contributed by atoms with van der Waals surface area (Å²) in [5.74, 6) is 0. The van der Waals surface area contributed by atoms with Gasteiger partial charge >= 0.3 is 0 Å². The van der Waals surface area contributed by atoms with Gasteiger partial charge in [-0.2, -0.15) is 0 Å². The summed E-state index contributed by atoms with van der Waals surface area (Å²) in [6, 6.07) is 8.31. The lowest BCUT2D eigenvalue weighted by atomic mass is 10.2. The Morgan fingerprint density at radius 1 is 1.29 bits per heavy atom. The first-order chi connectivity index (χ1) is 8.35. The van der Waals surface area contributed by atoms with Crippen molar-refractivity contribution in [3.05, 3.63) is 29.3 Å². The fourth-order valence-corrected chi connectivity index (χ4v) is 3.00. The van der Waals surface area contributed by atoms with E-state index in [0.717, 1.165) is 23.1 Å². The summed E-state index contributed by atoms with van der Waals surface area (Å²) in [4.78, 5) is 1.25. The minimum Gasteiger partial charge on any atom is -0.311 e. The van der Waals surface area contributed by atoms with Crippen molar-refractivity contribution in [2.75, 3.05) is 12.8 Å². The fourth-order valence-electron chi connectivity index (χ4n) is 1.49. The van der Waals surface area contributed by atoms with Crippen molar-refractivity contribution in [3.63, 3.8) is 0 Å². The van der Waals surface area contributed by atoms with Gasteiger partial charge in [-0.3, -0.25) is 0 Å². The zero-order valence-corrected chi connectivity index (χ0v) is 11.6. The van der Waals surface area contributed by atoms with Gasteiger partial charge in [0.15, 0.2) is 0 Å². The van der Waals surface area contributed by atoms with Gasteiger partial charge in [0.25, 0.3) is 0 Å². The van der Waals surface area contributed by atoms with Crippen LogP contribution < -0.4 is 5.32 Å². The van der Waals surface area contributed by atoms with E-state index in [9.17, 15) is 0 Å². The number of rotatable bonds is 5. The molecule has 2 rings (SSSR count). The lowest BCUT2D eigenvalue weighted by Crippen LogP contribution is -2.11. The third kappa shape index (κ3) is 3.06. The van der Waals surface area contributed by atoms with Crippen molar-refractivity contribution >= 4 is 23.1 Å². The molecular formula is C12H15N3S2. The number of thioether (sulfide) groups is 1. The molecule has 0 aliphatic rings. The second-order valence-electron chi connectivity index (χ2n) is 3.48. The van der Waals surface area contributed by atoms with E-state index < -0.39 is 0 Å². The molecule has 90 valence electrons. The Bertz CT molecular complexity index is 482. The van der Waals surface area contributed by atoms with Crippen LogP contribution in [0.3, 0.4) is 0 Å². The highest BCUT2D eigenvalue weighted by atomic mass is 32.2. The number of hydrogen-bond donors (Lipinski definition) is 1. The largest absolute Gasteiger partial charge is 0.311 e. The second-order valence-corrected chi connectivity index (χ2v) is 5.39. The van der Waals surface area contributed by atoms with E-state index in [1.165, 1.54) is 10.5 Å². The van der Waals surface area contributed by atoms with Crippen LogP contribution in [0.5, 0.6) is 0 Å². The smallest absolute Gasteiger partial charge is 0.148 e. The number of aromatic nitrogens is 2. The molecule has 1 heterocycles. The summed E-state index contributed by atoms with van der Waals surface area (Å²) < 4.78 is 0. The molecule has 1 aromatic carbocycles. The standard InChI is InChI=1S/C12H15N3S2/c1-3-13-8-11-14-15-12(17-11)9-6-4-5-7-10(9)16-2/h4-7,13H,3,8H2,1-2H3. The SMILES string of the molecule is CCNCc1nnc(-c2ccccc2SC)s1. The average Bonchev–Trinajstić information content (AvgIpc) is 2.85. The van der Waals surface area contributed by atoms with Gasteiger partial charge in [0.2, 0.25) is 0 Å². The summed E-state index contributed by atoms with van der Waals surface area (Å²) in [5, 5.41) is 13.8. The molecule has 0 fully saturated rings. The molecule has 0 bridgehead atoms. The summed E-state index contributed by atoms with van der Waals surface area (Å²) in [5.41, 5.74) is 1.18. The number of nitrogens with zero attached hydrogens (tertiary/aromatic N) is 2. The van der Waals surface area contributed by atoms with Crippen molar-refractivity contribution < 1.29 is 0 Å². The highest BCUT2D eigenvalue weighted by molar-refractivity contribution is 7.98. The van der Waals surface area contributed by atoms with E-state index in [1.807, 2.05) is 6.07 Å². The molecular weight excluding hydrogens is 250 g/mol. The molecule has 0 saturated heterocycles. The Labute approximate surface area is 110 Å². The molecule has 17 heavy (non-hydrogen) atoms. The van der Waals surface area contributed by atoms with Crippen molar-refractivity contribution in [3.8, 4) is 10.6 Å². The van der Waals surface area contributed by atoms with Crippen LogP contribution in [0.25, 0.3) is 10.6 Å². The van der Waals surface area contributed by atoms with E-state index in [1.54, 1.807) is 23.1 Å².